The van der Waals surface area contributed by atoms with Gasteiger partial charge in [0.2, 0.25) is 0 Å². The fourth-order valence-electron chi connectivity index (χ4n) is 1.19. The number of ether oxygens (including phenoxy) is 2. The van der Waals surface area contributed by atoms with Gasteiger partial charge in [0.15, 0.2) is 0 Å². The number of carboxylic acid groups (broad SMARTS) is 1. The van der Waals surface area contributed by atoms with E-state index in [0.29, 0.717) is 5.56 Å². The van der Waals surface area contributed by atoms with E-state index < -0.39 is 24.3 Å². The van der Waals surface area contributed by atoms with Gasteiger partial charge in [0.1, 0.15) is 5.75 Å². The van der Waals surface area contributed by atoms with Crippen molar-refractivity contribution in [3.05, 3.63) is 42.0 Å². The van der Waals surface area contributed by atoms with Gasteiger partial charge in [-0.2, -0.15) is 0 Å². The third-order valence-electron chi connectivity index (χ3n) is 2.17. The molecule has 0 saturated carbocycles. The summed E-state index contributed by atoms with van der Waals surface area (Å²) in [5.74, 6) is -2.29. The monoisotopic (exact) mass is 264 g/mol. The van der Waals surface area contributed by atoms with Gasteiger partial charge < -0.3 is 14.6 Å². The predicted molar refractivity (Wildman–Crippen MR) is 64.8 cm³/mol. The molecule has 6 nitrogen and oxygen atoms in total. The number of hydrogen-bond donors (Lipinski definition) is 1. The summed E-state index contributed by atoms with van der Waals surface area (Å²) >= 11 is 0. The molecule has 0 saturated heterocycles. The number of carboxylic acids is 1. The van der Waals surface area contributed by atoms with E-state index in [2.05, 4.69) is 11.3 Å². The summed E-state index contributed by atoms with van der Waals surface area (Å²) in [6.07, 6.45) is -0.409. The Morgan fingerprint density at radius 2 is 1.79 bits per heavy atom. The molecule has 1 aromatic rings. The highest BCUT2D eigenvalue weighted by Gasteiger charge is 2.12. The molecule has 19 heavy (non-hydrogen) atoms. The summed E-state index contributed by atoms with van der Waals surface area (Å²) < 4.78 is 9.40. The van der Waals surface area contributed by atoms with Crippen molar-refractivity contribution in [2.45, 2.75) is 6.42 Å². The van der Waals surface area contributed by atoms with E-state index in [-0.39, 0.29) is 11.3 Å². The van der Waals surface area contributed by atoms with Crippen molar-refractivity contribution in [3.8, 4) is 5.75 Å². The van der Waals surface area contributed by atoms with Gasteiger partial charge in [0, 0.05) is 5.57 Å². The van der Waals surface area contributed by atoms with Crippen molar-refractivity contribution >= 4 is 17.9 Å². The Balaban J connectivity index is 2.63. The number of aliphatic carboxylic acids is 1. The molecular formula is C13H12O6. The van der Waals surface area contributed by atoms with E-state index in [1.807, 2.05) is 0 Å². The Bertz CT molecular complexity index is 514. The molecule has 0 bridgehead atoms. The normalized spacial score (nSPS) is 9.53. The average molecular weight is 264 g/mol. The molecule has 0 aliphatic rings. The Kier molecular flexibility index (Phi) is 4.82. The van der Waals surface area contributed by atoms with Crippen LogP contribution in [-0.4, -0.2) is 30.1 Å². The smallest absolute Gasteiger partial charge is 0.337 e. The van der Waals surface area contributed by atoms with Gasteiger partial charge in [-0.15, -0.1) is 0 Å². The molecule has 6 heteroatoms. The molecule has 1 N–H and O–H groups in total. The molecule has 0 unspecified atom stereocenters. The summed E-state index contributed by atoms with van der Waals surface area (Å²) in [7, 11) is 1.26. The Morgan fingerprint density at radius 1 is 1.21 bits per heavy atom. The van der Waals surface area contributed by atoms with E-state index in [1.165, 1.54) is 31.4 Å². The highest BCUT2D eigenvalue weighted by atomic mass is 16.5. The number of esters is 2. The van der Waals surface area contributed by atoms with Crippen LogP contribution < -0.4 is 4.74 Å². The predicted octanol–water partition coefficient (Wildman–Crippen LogP) is 1.41. The summed E-state index contributed by atoms with van der Waals surface area (Å²) in [6, 6.07) is 5.68. The molecule has 1 rings (SSSR count). The number of rotatable bonds is 5. The van der Waals surface area contributed by atoms with Crippen LogP contribution in [0.4, 0.5) is 0 Å². The standard InChI is InChI=1S/C13H12O6/c1-8(12(15)16)7-11(14)19-10-5-3-9(4-6-10)13(17)18-2/h3-6H,1,7H2,2H3,(H,15,16). The first-order chi connectivity index (χ1) is 8.93. The van der Waals surface area contributed by atoms with Crippen LogP contribution in [0, 0.1) is 0 Å². The van der Waals surface area contributed by atoms with Crippen LogP contribution in [0.2, 0.25) is 0 Å². The van der Waals surface area contributed by atoms with E-state index in [9.17, 15) is 14.4 Å². The lowest BCUT2D eigenvalue weighted by atomic mass is 10.2. The second-order valence-electron chi connectivity index (χ2n) is 3.58. The number of methoxy groups -OCH3 is 1. The van der Waals surface area contributed by atoms with E-state index >= 15 is 0 Å². The Labute approximate surface area is 109 Å². The maximum atomic E-state index is 11.4. The van der Waals surface area contributed by atoms with Gasteiger partial charge in [0.05, 0.1) is 19.1 Å². The minimum Gasteiger partial charge on any atom is -0.478 e. The number of carbonyl (C=O) groups excluding carboxylic acids is 2. The zero-order chi connectivity index (χ0) is 14.4. The molecule has 1 aromatic carbocycles. The highest BCUT2D eigenvalue weighted by Crippen LogP contribution is 2.14. The molecule has 0 radical (unpaired) electrons. The summed E-state index contributed by atoms with van der Waals surface area (Å²) in [4.78, 5) is 33.0. The van der Waals surface area contributed by atoms with Crippen LogP contribution in [0.1, 0.15) is 16.8 Å². The van der Waals surface area contributed by atoms with Gasteiger partial charge in [0.25, 0.3) is 0 Å². The quantitative estimate of drug-likeness (QED) is 0.491. The Hall–Kier alpha value is -2.63. The maximum absolute atomic E-state index is 11.4. The topological polar surface area (TPSA) is 89.9 Å². The lowest BCUT2D eigenvalue weighted by molar-refractivity contribution is -0.138. The van der Waals surface area contributed by atoms with E-state index in [0.717, 1.165) is 0 Å². The van der Waals surface area contributed by atoms with E-state index in [4.69, 9.17) is 9.84 Å². The molecule has 0 atom stereocenters. The molecular weight excluding hydrogens is 252 g/mol. The molecule has 0 heterocycles. The van der Waals surface area contributed by atoms with Gasteiger partial charge in [-0.3, -0.25) is 4.79 Å². The second kappa shape index (κ2) is 6.34. The molecule has 0 aliphatic heterocycles. The number of benzene rings is 1. The molecule has 0 fully saturated rings. The molecule has 0 amide bonds. The van der Waals surface area contributed by atoms with Gasteiger partial charge >= 0.3 is 17.9 Å². The third kappa shape index (κ3) is 4.27. The maximum Gasteiger partial charge on any atom is 0.337 e. The van der Waals surface area contributed by atoms with Crippen molar-refractivity contribution in [1.82, 2.24) is 0 Å². The lowest BCUT2D eigenvalue weighted by Gasteiger charge is -2.05. The molecule has 0 spiro atoms. The van der Waals surface area contributed by atoms with Crippen LogP contribution in [0.3, 0.4) is 0 Å². The fraction of sp³-hybridized carbons (Fsp3) is 0.154. The minimum absolute atomic E-state index is 0.204. The molecule has 100 valence electrons. The summed E-state index contributed by atoms with van der Waals surface area (Å²) in [5, 5.41) is 8.56. The molecule has 0 aliphatic carbocycles. The lowest BCUT2D eigenvalue weighted by Crippen LogP contribution is -2.12. The summed E-state index contributed by atoms with van der Waals surface area (Å²) in [5.41, 5.74) is 0.0634. The Morgan fingerprint density at radius 3 is 2.26 bits per heavy atom. The highest BCUT2D eigenvalue weighted by molar-refractivity contribution is 5.92. The second-order valence-corrected chi connectivity index (χ2v) is 3.58. The zero-order valence-corrected chi connectivity index (χ0v) is 10.2. The number of carbonyl (C=O) groups is 3. The first-order valence-corrected chi connectivity index (χ1v) is 5.24. The molecule has 0 aromatic heterocycles. The van der Waals surface area contributed by atoms with Gasteiger partial charge in [-0.25, -0.2) is 9.59 Å². The van der Waals surface area contributed by atoms with Crippen molar-refractivity contribution < 1.29 is 29.0 Å². The largest absolute Gasteiger partial charge is 0.478 e. The number of hydrogen-bond acceptors (Lipinski definition) is 5. The fourth-order valence-corrected chi connectivity index (χ4v) is 1.19. The van der Waals surface area contributed by atoms with Crippen molar-refractivity contribution in [1.29, 1.82) is 0 Å². The third-order valence-corrected chi connectivity index (χ3v) is 2.17. The van der Waals surface area contributed by atoms with Crippen LogP contribution in [0.5, 0.6) is 5.75 Å². The van der Waals surface area contributed by atoms with E-state index in [1.54, 1.807) is 0 Å². The van der Waals surface area contributed by atoms with Crippen molar-refractivity contribution in [2.75, 3.05) is 7.11 Å². The van der Waals surface area contributed by atoms with Gasteiger partial charge in [-0.1, -0.05) is 6.58 Å². The van der Waals surface area contributed by atoms with Crippen LogP contribution in [0.25, 0.3) is 0 Å². The first kappa shape index (κ1) is 14.4. The SMILES string of the molecule is C=C(CC(=O)Oc1ccc(C(=O)OC)cc1)C(=O)O. The van der Waals surface area contributed by atoms with Crippen LogP contribution >= 0.6 is 0 Å². The average Bonchev–Trinajstić information content (AvgIpc) is 2.38. The van der Waals surface area contributed by atoms with Crippen molar-refractivity contribution in [2.24, 2.45) is 0 Å². The van der Waals surface area contributed by atoms with Crippen molar-refractivity contribution in [3.63, 3.8) is 0 Å². The van der Waals surface area contributed by atoms with Gasteiger partial charge in [-0.05, 0) is 24.3 Å². The van der Waals surface area contributed by atoms with Crippen LogP contribution in [-0.2, 0) is 14.3 Å². The summed E-state index contributed by atoms with van der Waals surface area (Å²) in [6.45, 7) is 3.22. The van der Waals surface area contributed by atoms with Crippen LogP contribution in [0.15, 0.2) is 36.4 Å². The minimum atomic E-state index is -1.25. The zero-order valence-electron chi connectivity index (χ0n) is 10.2. The first-order valence-electron chi connectivity index (χ1n) is 5.24.